The zero-order valence-electron chi connectivity index (χ0n) is 11.7. The third-order valence-electron chi connectivity index (χ3n) is 3.67. The van der Waals surface area contributed by atoms with Gasteiger partial charge in [0.15, 0.2) is 0 Å². The number of nitrogens with zero attached hydrogens (tertiary/aromatic N) is 3. The smallest absolute Gasteiger partial charge is 0.239 e. The molecule has 0 atom stereocenters. The maximum absolute atomic E-state index is 9.95. The minimum Gasteiger partial charge on any atom is -0.492 e. The van der Waals surface area contributed by atoms with Crippen molar-refractivity contribution in [3.8, 4) is 16.3 Å². The number of aromatic hydroxyl groups is 1. The zero-order chi connectivity index (χ0) is 13.9. The number of hydrogen-bond acceptors (Lipinski definition) is 4. The second-order valence-corrected chi connectivity index (χ2v) is 6.85. The highest BCUT2D eigenvalue weighted by atomic mass is 35.5. The van der Waals surface area contributed by atoms with E-state index in [9.17, 15) is 5.11 Å². The maximum atomic E-state index is 9.95. The highest BCUT2D eigenvalue weighted by Crippen LogP contribution is 2.35. The summed E-state index contributed by atoms with van der Waals surface area (Å²) in [7, 11) is 0. The van der Waals surface area contributed by atoms with Crippen LogP contribution < -0.4 is 0 Å². The first kappa shape index (κ1) is 16.6. The molecule has 2 aromatic heterocycles. The first-order valence-electron chi connectivity index (χ1n) is 6.97. The van der Waals surface area contributed by atoms with Crippen molar-refractivity contribution in [2.24, 2.45) is 0 Å². The molecule has 0 spiro atoms. The summed E-state index contributed by atoms with van der Waals surface area (Å²) in [5.41, 5.74) is 0.764. The molecule has 0 radical (unpaired) electrons. The van der Waals surface area contributed by atoms with Crippen LogP contribution in [0.15, 0.2) is 18.3 Å². The Morgan fingerprint density at radius 3 is 2.62 bits per heavy atom. The summed E-state index contributed by atoms with van der Waals surface area (Å²) in [4.78, 5) is 3.42. The number of thiophene rings is 1. The Bertz CT molecular complexity index is 579. The molecule has 1 aliphatic heterocycles. The Kier molecular flexibility index (Phi) is 5.93. The molecule has 1 fully saturated rings. The van der Waals surface area contributed by atoms with Crippen molar-refractivity contribution in [2.75, 3.05) is 19.6 Å². The monoisotopic (exact) mass is 347 g/mol. The van der Waals surface area contributed by atoms with E-state index in [1.165, 1.54) is 43.7 Å². The Balaban J connectivity index is 0.00000161. The largest absolute Gasteiger partial charge is 0.492 e. The number of hydrogen-bond donors (Lipinski definition) is 1. The summed E-state index contributed by atoms with van der Waals surface area (Å²) in [5.74, 6) is 0.0853. The number of piperidine rings is 1. The summed E-state index contributed by atoms with van der Waals surface area (Å²) in [6.45, 7) is 4.17. The van der Waals surface area contributed by atoms with Gasteiger partial charge in [0.2, 0.25) is 5.88 Å². The fourth-order valence-electron chi connectivity index (χ4n) is 2.59. The molecule has 3 heterocycles. The van der Waals surface area contributed by atoms with E-state index in [1.54, 1.807) is 0 Å². The Labute approximate surface area is 139 Å². The molecular formula is C14H19Cl2N3OS. The van der Waals surface area contributed by atoms with Crippen molar-refractivity contribution in [1.29, 1.82) is 0 Å². The van der Waals surface area contributed by atoms with Crippen molar-refractivity contribution in [3.63, 3.8) is 0 Å². The lowest BCUT2D eigenvalue weighted by atomic mass is 10.1. The lowest BCUT2D eigenvalue weighted by Crippen LogP contribution is -2.32. The number of halogens is 2. The van der Waals surface area contributed by atoms with Crippen molar-refractivity contribution >= 4 is 35.3 Å². The lowest BCUT2D eigenvalue weighted by molar-refractivity contribution is 0.217. The first-order valence-corrected chi connectivity index (χ1v) is 8.16. The van der Waals surface area contributed by atoms with E-state index in [4.69, 9.17) is 11.6 Å². The predicted octanol–water partition coefficient (Wildman–Crippen LogP) is 3.88. The van der Waals surface area contributed by atoms with Crippen molar-refractivity contribution in [1.82, 2.24) is 14.7 Å². The zero-order valence-corrected chi connectivity index (χ0v) is 14.1. The topological polar surface area (TPSA) is 41.3 Å². The number of likely N-dealkylation sites (tertiary alicyclic amines) is 1. The van der Waals surface area contributed by atoms with Gasteiger partial charge in [-0.15, -0.1) is 28.8 Å². The quantitative estimate of drug-likeness (QED) is 0.912. The highest BCUT2D eigenvalue weighted by molar-refractivity contribution is 7.19. The lowest BCUT2D eigenvalue weighted by Gasteiger charge is -2.26. The van der Waals surface area contributed by atoms with Gasteiger partial charge in [-0.2, -0.15) is 0 Å². The number of rotatable bonds is 4. The summed E-state index contributed by atoms with van der Waals surface area (Å²) < 4.78 is 2.55. The van der Waals surface area contributed by atoms with E-state index >= 15 is 0 Å². The molecule has 0 aromatic carbocycles. The van der Waals surface area contributed by atoms with E-state index in [1.807, 2.05) is 23.0 Å². The van der Waals surface area contributed by atoms with Crippen molar-refractivity contribution in [3.05, 3.63) is 22.7 Å². The van der Waals surface area contributed by atoms with Crippen LogP contribution in [-0.2, 0) is 6.54 Å². The minimum atomic E-state index is 0. The van der Waals surface area contributed by atoms with E-state index in [0.29, 0.717) is 0 Å². The summed E-state index contributed by atoms with van der Waals surface area (Å²) >= 11 is 7.39. The molecule has 0 unspecified atom stereocenters. The van der Waals surface area contributed by atoms with Crippen LogP contribution in [0.3, 0.4) is 0 Å². The predicted molar refractivity (Wildman–Crippen MR) is 89.8 cm³/mol. The van der Waals surface area contributed by atoms with Gasteiger partial charge in [0, 0.05) is 17.6 Å². The second-order valence-electron chi connectivity index (χ2n) is 5.14. The fraction of sp³-hybridized carbons (Fsp3) is 0.500. The molecule has 21 heavy (non-hydrogen) atoms. The summed E-state index contributed by atoms with van der Waals surface area (Å²) in [6, 6.07) is 3.75. The van der Waals surface area contributed by atoms with Gasteiger partial charge in [0.1, 0.15) is 0 Å². The van der Waals surface area contributed by atoms with Crippen LogP contribution in [0.25, 0.3) is 10.4 Å². The van der Waals surface area contributed by atoms with Gasteiger partial charge >= 0.3 is 0 Å². The van der Waals surface area contributed by atoms with Crippen LogP contribution in [0.5, 0.6) is 5.88 Å². The molecule has 0 bridgehead atoms. The molecule has 2 aromatic rings. The SMILES string of the molecule is Cl.Oc1nn(CCN2CCCCC2)cc1-c1ccc(Cl)s1. The molecular weight excluding hydrogens is 329 g/mol. The molecule has 1 N–H and O–H groups in total. The van der Waals surface area contributed by atoms with Crippen LogP contribution in [0, 0.1) is 0 Å². The summed E-state index contributed by atoms with van der Waals surface area (Å²) in [6.07, 6.45) is 5.84. The molecule has 1 aliphatic rings. The van der Waals surface area contributed by atoms with Gasteiger partial charge in [-0.05, 0) is 38.1 Å². The molecule has 116 valence electrons. The minimum absolute atomic E-state index is 0. The van der Waals surface area contributed by atoms with E-state index in [-0.39, 0.29) is 18.3 Å². The van der Waals surface area contributed by atoms with Gasteiger partial charge in [0.25, 0.3) is 0 Å². The van der Waals surface area contributed by atoms with Gasteiger partial charge in [-0.25, -0.2) is 0 Å². The molecule has 4 nitrogen and oxygen atoms in total. The van der Waals surface area contributed by atoms with Crippen molar-refractivity contribution in [2.45, 2.75) is 25.8 Å². The fourth-order valence-corrected chi connectivity index (χ4v) is 3.63. The Morgan fingerprint density at radius 2 is 1.95 bits per heavy atom. The van der Waals surface area contributed by atoms with Crippen LogP contribution in [0.2, 0.25) is 4.34 Å². The van der Waals surface area contributed by atoms with Gasteiger partial charge < -0.3 is 10.0 Å². The molecule has 1 saturated heterocycles. The van der Waals surface area contributed by atoms with E-state index in [2.05, 4.69) is 10.00 Å². The molecule has 7 heteroatoms. The average Bonchev–Trinajstić information content (AvgIpc) is 3.04. The number of aromatic nitrogens is 2. The summed E-state index contributed by atoms with van der Waals surface area (Å²) in [5, 5.41) is 14.1. The van der Waals surface area contributed by atoms with Crippen molar-refractivity contribution < 1.29 is 5.11 Å². The van der Waals surface area contributed by atoms with Crippen LogP contribution in [0.4, 0.5) is 0 Å². The molecule has 3 rings (SSSR count). The van der Waals surface area contributed by atoms with Crippen LogP contribution >= 0.6 is 35.3 Å². The first-order chi connectivity index (χ1) is 9.72. The van der Waals surface area contributed by atoms with Gasteiger partial charge in [0.05, 0.1) is 16.4 Å². The van der Waals surface area contributed by atoms with Gasteiger partial charge in [-0.3, -0.25) is 4.68 Å². The third kappa shape index (κ3) is 4.13. The van der Waals surface area contributed by atoms with E-state index < -0.39 is 0 Å². The standard InChI is InChI=1S/C14H18ClN3OS.ClH/c15-13-5-4-12(20-13)11-10-18(16-14(11)19)9-8-17-6-2-1-3-7-17;/h4-5,10H,1-3,6-9H2,(H,16,19);1H. The van der Waals surface area contributed by atoms with E-state index in [0.717, 1.165) is 27.9 Å². The maximum Gasteiger partial charge on any atom is 0.239 e. The molecule has 0 amide bonds. The highest BCUT2D eigenvalue weighted by Gasteiger charge is 2.14. The second kappa shape index (κ2) is 7.49. The Morgan fingerprint density at radius 1 is 1.19 bits per heavy atom. The van der Waals surface area contributed by atoms with Crippen LogP contribution in [-0.4, -0.2) is 39.4 Å². The average molecular weight is 348 g/mol. The Hall–Kier alpha value is -0.750. The van der Waals surface area contributed by atoms with Crippen LogP contribution in [0.1, 0.15) is 19.3 Å². The van der Waals surface area contributed by atoms with Gasteiger partial charge in [-0.1, -0.05) is 18.0 Å². The molecule has 0 aliphatic carbocycles. The normalized spacial score (nSPS) is 15.9. The molecule has 0 saturated carbocycles. The third-order valence-corrected chi connectivity index (χ3v) is 4.94.